The fraction of sp³-hybridized carbons (Fsp3) is 0.433. The van der Waals surface area contributed by atoms with Gasteiger partial charge < -0.3 is 9.80 Å². The average Bonchev–Trinajstić information content (AvgIpc) is 3.22. The van der Waals surface area contributed by atoms with Gasteiger partial charge in [0.05, 0.1) is 5.69 Å². The van der Waals surface area contributed by atoms with Crippen LogP contribution in [0.4, 0.5) is 17.2 Å². The summed E-state index contributed by atoms with van der Waals surface area (Å²) in [6.45, 7) is 19.4. The molecule has 0 aliphatic carbocycles. The van der Waals surface area contributed by atoms with Gasteiger partial charge in [0.25, 0.3) is 0 Å². The van der Waals surface area contributed by atoms with Crippen molar-refractivity contribution < 1.29 is 0 Å². The molecular formula is C30H43N3. The van der Waals surface area contributed by atoms with Gasteiger partial charge in [0.2, 0.25) is 0 Å². The molecule has 178 valence electrons. The summed E-state index contributed by atoms with van der Waals surface area (Å²) in [5.74, 6) is 1.57. The van der Waals surface area contributed by atoms with E-state index in [0.29, 0.717) is 12.0 Å². The van der Waals surface area contributed by atoms with Crippen molar-refractivity contribution in [2.75, 3.05) is 9.80 Å². The van der Waals surface area contributed by atoms with Crippen LogP contribution in [-0.4, -0.2) is 17.2 Å². The molecular weight excluding hydrogens is 402 g/mol. The molecule has 2 aromatic carbocycles. The van der Waals surface area contributed by atoms with E-state index in [0.717, 1.165) is 12.2 Å². The van der Waals surface area contributed by atoms with Gasteiger partial charge in [-0.2, -0.15) is 0 Å². The maximum atomic E-state index is 4.82. The Balaban J connectivity index is 0.000000914. The van der Waals surface area contributed by atoms with Gasteiger partial charge in [0.1, 0.15) is 6.17 Å². The molecule has 4 rings (SSSR count). The van der Waals surface area contributed by atoms with Crippen LogP contribution < -0.4 is 9.80 Å². The quantitative estimate of drug-likeness (QED) is 0.391. The van der Waals surface area contributed by atoms with Gasteiger partial charge >= 0.3 is 0 Å². The number of benzene rings is 2. The van der Waals surface area contributed by atoms with Crippen LogP contribution in [0.15, 0.2) is 66.9 Å². The van der Waals surface area contributed by atoms with E-state index in [-0.39, 0.29) is 6.17 Å². The fourth-order valence-corrected chi connectivity index (χ4v) is 4.49. The summed E-state index contributed by atoms with van der Waals surface area (Å²) in [5.41, 5.74) is 6.28. The molecule has 2 atom stereocenters. The number of aromatic nitrogens is 1. The first-order valence-corrected chi connectivity index (χ1v) is 12.7. The Morgan fingerprint density at radius 2 is 1.58 bits per heavy atom. The topological polar surface area (TPSA) is 19.4 Å². The molecule has 3 nitrogen and oxygen atoms in total. The average molecular weight is 446 g/mol. The van der Waals surface area contributed by atoms with Crippen molar-refractivity contribution in [1.82, 2.24) is 4.98 Å². The van der Waals surface area contributed by atoms with Crippen LogP contribution in [0.5, 0.6) is 0 Å². The van der Waals surface area contributed by atoms with Crippen LogP contribution in [0.3, 0.4) is 0 Å². The highest BCUT2D eigenvalue weighted by molar-refractivity contribution is 5.83. The molecule has 0 bridgehead atoms. The predicted molar refractivity (Wildman–Crippen MR) is 147 cm³/mol. The molecule has 0 fully saturated rings. The summed E-state index contributed by atoms with van der Waals surface area (Å²) in [5, 5.41) is 0. The number of anilines is 3. The first kappa shape index (κ1) is 26.4. The third-order valence-electron chi connectivity index (χ3n) is 6.11. The zero-order chi connectivity index (χ0) is 24.5. The second-order valence-electron chi connectivity index (χ2n) is 8.38. The maximum absolute atomic E-state index is 4.82. The molecule has 0 spiro atoms. The van der Waals surface area contributed by atoms with Crippen molar-refractivity contribution in [3.05, 3.63) is 72.4 Å². The summed E-state index contributed by atoms with van der Waals surface area (Å²) in [6.07, 6.45) is 3.29. The zero-order valence-electron chi connectivity index (χ0n) is 22.1. The SMILES string of the molecule is CC.CC.CCC(C)C1N(c2cccc(-c3ccccc3C)c2)c2ncccc2N1C(C)C. The minimum Gasteiger partial charge on any atom is -0.345 e. The van der Waals surface area contributed by atoms with Gasteiger partial charge in [-0.3, -0.25) is 0 Å². The first-order valence-electron chi connectivity index (χ1n) is 12.7. The van der Waals surface area contributed by atoms with Crippen LogP contribution >= 0.6 is 0 Å². The van der Waals surface area contributed by atoms with Crippen molar-refractivity contribution in [2.24, 2.45) is 5.92 Å². The van der Waals surface area contributed by atoms with Crippen LogP contribution in [0.2, 0.25) is 0 Å². The molecule has 2 unspecified atom stereocenters. The zero-order valence-corrected chi connectivity index (χ0v) is 22.1. The number of hydrogen-bond acceptors (Lipinski definition) is 3. The van der Waals surface area contributed by atoms with Gasteiger partial charge in [-0.15, -0.1) is 0 Å². The van der Waals surface area contributed by atoms with E-state index in [4.69, 9.17) is 4.98 Å². The van der Waals surface area contributed by atoms with E-state index in [1.807, 2.05) is 33.9 Å². The van der Waals surface area contributed by atoms with Crippen LogP contribution in [0.25, 0.3) is 11.1 Å². The predicted octanol–water partition coefficient (Wildman–Crippen LogP) is 8.85. The fourth-order valence-electron chi connectivity index (χ4n) is 4.49. The monoisotopic (exact) mass is 445 g/mol. The normalized spacial score (nSPS) is 15.3. The lowest BCUT2D eigenvalue weighted by atomic mass is 9.99. The van der Waals surface area contributed by atoms with E-state index >= 15 is 0 Å². The molecule has 0 N–H and O–H groups in total. The molecule has 0 radical (unpaired) electrons. The minimum absolute atomic E-state index is 0.261. The Hall–Kier alpha value is -2.81. The second-order valence-corrected chi connectivity index (χ2v) is 8.38. The molecule has 3 aromatic rings. The Bertz CT molecular complexity index is 995. The lowest BCUT2D eigenvalue weighted by Gasteiger charge is -2.39. The summed E-state index contributed by atoms with van der Waals surface area (Å²) in [6, 6.07) is 22.2. The summed E-state index contributed by atoms with van der Waals surface area (Å²) >= 11 is 0. The number of hydrogen-bond donors (Lipinski definition) is 0. The van der Waals surface area contributed by atoms with Gasteiger partial charge in [-0.25, -0.2) is 4.98 Å². The largest absolute Gasteiger partial charge is 0.345 e. The molecule has 2 heterocycles. The smallest absolute Gasteiger partial charge is 0.158 e. The first-order chi connectivity index (χ1) is 16.0. The molecule has 1 aromatic heterocycles. The molecule has 0 saturated heterocycles. The Morgan fingerprint density at radius 3 is 2.21 bits per heavy atom. The summed E-state index contributed by atoms with van der Waals surface area (Å²) in [7, 11) is 0. The minimum atomic E-state index is 0.261. The van der Waals surface area contributed by atoms with Crippen LogP contribution in [-0.2, 0) is 0 Å². The van der Waals surface area contributed by atoms with Gasteiger partial charge in [-0.1, -0.05) is 77.9 Å². The Kier molecular flexibility index (Phi) is 9.96. The van der Waals surface area contributed by atoms with E-state index in [1.54, 1.807) is 0 Å². The van der Waals surface area contributed by atoms with Crippen molar-refractivity contribution in [3.8, 4) is 11.1 Å². The highest BCUT2D eigenvalue weighted by Gasteiger charge is 2.41. The lowest BCUT2D eigenvalue weighted by Crippen LogP contribution is -2.48. The van der Waals surface area contributed by atoms with E-state index < -0.39 is 0 Å². The van der Waals surface area contributed by atoms with E-state index in [9.17, 15) is 0 Å². The number of fused-ring (bicyclic) bond motifs is 1. The summed E-state index contributed by atoms with van der Waals surface area (Å²) < 4.78 is 0. The standard InChI is InChI=1S/C26H31N3.2C2H6/c1-6-19(4)26-28(18(2)3)24-15-10-16-27-25(24)29(26)22-13-9-12-21(17-22)23-14-8-7-11-20(23)5;2*1-2/h7-19,26H,6H2,1-5H3;2*1-2H3. The van der Waals surface area contributed by atoms with E-state index in [1.165, 1.54) is 28.1 Å². The number of nitrogens with zero attached hydrogens (tertiary/aromatic N) is 3. The molecule has 0 amide bonds. The molecule has 0 saturated carbocycles. The Morgan fingerprint density at radius 1 is 0.879 bits per heavy atom. The van der Waals surface area contributed by atoms with Crippen LogP contribution in [0.1, 0.15) is 67.4 Å². The second kappa shape index (κ2) is 12.4. The van der Waals surface area contributed by atoms with Crippen molar-refractivity contribution >= 4 is 17.2 Å². The molecule has 33 heavy (non-hydrogen) atoms. The highest BCUT2D eigenvalue weighted by atomic mass is 15.5. The molecule has 1 aliphatic heterocycles. The Labute approximate surface area is 202 Å². The third-order valence-corrected chi connectivity index (χ3v) is 6.11. The van der Waals surface area contributed by atoms with Gasteiger partial charge in [0, 0.05) is 17.9 Å². The maximum Gasteiger partial charge on any atom is 0.158 e. The van der Waals surface area contributed by atoms with Gasteiger partial charge in [-0.05, 0) is 74.1 Å². The lowest BCUT2D eigenvalue weighted by molar-refractivity contribution is 0.412. The molecule has 1 aliphatic rings. The number of aryl methyl sites for hydroxylation is 1. The third kappa shape index (κ3) is 5.40. The van der Waals surface area contributed by atoms with Crippen molar-refractivity contribution in [3.63, 3.8) is 0 Å². The van der Waals surface area contributed by atoms with Crippen molar-refractivity contribution in [2.45, 2.75) is 80.9 Å². The van der Waals surface area contributed by atoms with Crippen molar-refractivity contribution in [1.29, 1.82) is 0 Å². The summed E-state index contributed by atoms with van der Waals surface area (Å²) in [4.78, 5) is 9.81. The number of rotatable bonds is 5. The highest BCUT2D eigenvalue weighted by Crippen LogP contribution is 2.46. The number of pyridine rings is 1. The van der Waals surface area contributed by atoms with Crippen LogP contribution in [0, 0.1) is 12.8 Å². The van der Waals surface area contributed by atoms with E-state index in [2.05, 4.69) is 105 Å². The van der Waals surface area contributed by atoms with Gasteiger partial charge in [0.15, 0.2) is 5.82 Å². The molecule has 3 heteroatoms.